The van der Waals surface area contributed by atoms with Gasteiger partial charge in [0.2, 0.25) is 0 Å². The van der Waals surface area contributed by atoms with Crippen molar-refractivity contribution in [2.45, 2.75) is 0 Å². The summed E-state index contributed by atoms with van der Waals surface area (Å²) < 4.78 is 0. The summed E-state index contributed by atoms with van der Waals surface area (Å²) in [6, 6.07) is 18.3. The van der Waals surface area contributed by atoms with Crippen LogP contribution in [0.1, 0.15) is 5.56 Å². The summed E-state index contributed by atoms with van der Waals surface area (Å²) in [5.41, 5.74) is 0.973. The van der Waals surface area contributed by atoms with Crippen LogP contribution in [-0.4, -0.2) is 11.1 Å². The third-order valence-corrected chi connectivity index (χ3v) is 4.54. The number of thioether (sulfide) groups is 1. The van der Waals surface area contributed by atoms with E-state index in [1.807, 2.05) is 42.5 Å². The summed E-state index contributed by atoms with van der Waals surface area (Å²) in [6.45, 7) is 0. The average Bonchev–Trinajstić information content (AvgIpc) is 2.84. The molecule has 1 saturated heterocycles. The maximum absolute atomic E-state index is 11.8. The van der Waals surface area contributed by atoms with Gasteiger partial charge in [0.1, 0.15) is 0 Å². The Morgan fingerprint density at radius 2 is 1.45 bits per heavy atom. The first kappa shape index (κ1) is 13.1. The van der Waals surface area contributed by atoms with Gasteiger partial charge in [0.15, 0.2) is 0 Å². The first-order valence-corrected chi connectivity index (χ1v) is 7.69. The molecule has 22 heavy (non-hydrogen) atoms. The molecular weight excluding hydrogens is 294 g/mol. The van der Waals surface area contributed by atoms with E-state index >= 15 is 0 Å². The van der Waals surface area contributed by atoms with Gasteiger partial charge in [-0.25, -0.2) is 0 Å². The van der Waals surface area contributed by atoms with E-state index < -0.39 is 0 Å². The van der Waals surface area contributed by atoms with Crippen LogP contribution < -0.4 is 5.32 Å². The fraction of sp³-hybridized carbons (Fsp3) is 0. The smallest absolute Gasteiger partial charge is 0.282 e. The van der Waals surface area contributed by atoms with Crippen molar-refractivity contribution in [1.82, 2.24) is 5.32 Å². The number of benzene rings is 3. The quantitative estimate of drug-likeness (QED) is 0.538. The fourth-order valence-electron chi connectivity index (χ4n) is 2.76. The predicted molar refractivity (Wildman–Crippen MR) is 90.6 cm³/mol. The maximum atomic E-state index is 11.8. The highest BCUT2D eigenvalue weighted by molar-refractivity contribution is 8.18. The standard InChI is InChI=1S/C18H11NO2S/c20-17-16(22-18(21)19-17)10-15-13-7-3-1-5-11(13)9-12-6-2-4-8-14(12)15/h1-10H,(H,19,20,21)/b16-10-. The normalized spacial score (nSPS) is 16.6. The molecule has 1 fully saturated rings. The van der Waals surface area contributed by atoms with Crippen LogP contribution in [0.5, 0.6) is 0 Å². The molecule has 4 rings (SSSR count). The van der Waals surface area contributed by atoms with E-state index in [0.29, 0.717) is 4.91 Å². The van der Waals surface area contributed by atoms with Gasteiger partial charge in [-0.3, -0.25) is 14.9 Å². The Kier molecular flexibility index (Phi) is 2.98. The fourth-order valence-corrected chi connectivity index (χ4v) is 3.42. The van der Waals surface area contributed by atoms with Crippen molar-refractivity contribution in [1.29, 1.82) is 0 Å². The number of imide groups is 1. The molecule has 3 nitrogen and oxygen atoms in total. The van der Waals surface area contributed by atoms with E-state index in [4.69, 9.17) is 0 Å². The lowest BCUT2D eigenvalue weighted by Crippen LogP contribution is -2.17. The summed E-state index contributed by atoms with van der Waals surface area (Å²) in [4.78, 5) is 23.6. The number of carbonyl (C=O) groups is 2. The molecule has 1 heterocycles. The van der Waals surface area contributed by atoms with Crippen LogP contribution in [0.2, 0.25) is 0 Å². The van der Waals surface area contributed by atoms with Gasteiger partial charge < -0.3 is 0 Å². The summed E-state index contributed by atoms with van der Waals surface area (Å²) in [7, 11) is 0. The van der Waals surface area contributed by atoms with Crippen molar-refractivity contribution < 1.29 is 9.59 Å². The Balaban J connectivity index is 2.07. The Labute approximate surface area is 131 Å². The molecule has 3 aromatic carbocycles. The number of fused-ring (bicyclic) bond motifs is 2. The molecule has 0 unspecified atom stereocenters. The highest BCUT2D eigenvalue weighted by Crippen LogP contribution is 2.33. The van der Waals surface area contributed by atoms with Crippen LogP contribution in [-0.2, 0) is 4.79 Å². The van der Waals surface area contributed by atoms with Gasteiger partial charge in [0.05, 0.1) is 4.91 Å². The predicted octanol–water partition coefficient (Wildman–Crippen LogP) is 4.32. The first-order valence-electron chi connectivity index (χ1n) is 6.88. The Morgan fingerprint density at radius 3 is 2.00 bits per heavy atom. The summed E-state index contributed by atoms with van der Waals surface area (Å²) in [5, 5.41) is 6.35. The molecule has 0 radical (unpaired) electrons. The number of hydrogen-bond acceptors (Lipinski definition) is 3. The van der Waals surface area contributed by atoms with Gasteiger partial charge in [0.25, 0.3) is 11.1 Å². The van der Waals surface area contributed by atoms with Crippen LogP contribution in [0, 0.1) is 0 Å². The highest BCUT2D eigenvalue weighted by Gasteiger charge is 2.25. The zero-order chi connectivity index (χ0) is 15.1. The second-order valence-electron chi connectivity index (χ2n) is 5.08. The number of amides is 2. The van der Waals surface area contributed by atoms with Gasteiger partial charge in [-0.2, -0.15) is 0 Å². The topological polar surface area (TPSA) is 46.2 Å². The highest BCUT2D eigenvalue weighted by atomic mass is 32.2. The van der Waals surface area contributed by atoms with Crippen LogP contribution in [0.15, 0.2) is 59.5 Å². The Morgan fingerprint density at radius 1 is 0.864 bits per heavy atom. The first-order chi connectivity index (χ1) is 10.7. The van der Waals surface area contributed by atoms with Gasteiger partial charge >= 0.3 is 0 Å². The largest absolute Gasteiger partial charge is 0.290 e. The third kappa shape index (κ3) is 2.09. The van der Waals surface area contributed by atoms with Crippen LogP contribution in [0.3, 0.4) is 0 Å². The maximum Gasteiger partial charge on any atom is 0.290 e. The minimum absolute atomic E-state index is 0.319. The number of carbonyl (C=O) groups excluding carboxylic acids is 2. The van der Waals surface area contributed by atoms with Crippen LogP contribution in [0.25, 0.3) is 27.6 Å². The number of hydrogen-bond donors (Lipinski definition) is 1. The van der Waals surface area contributed by atoms with Crippen molar-refractivity contribution in [3.63, 3.8) is 0 Å². The lowest BCUT2D eigenvalue weighted by atomic mass is 9.96. The van der Waals surface area contributed by atoms with Gasteiger partial charge in [-0.15, -0.1) is 0 Å². The van der Waals surface area contributed by atoms with Gasteiger partial charge in [-0.1, -0.05) is 48.5 Å². The lowest BCUT2D eigenvalue weighted by Gasteiger charge is -2.08. The number of nitrogens with one attached hydrogen (secondary N) is 1. The molecule has 0 aliphatic carbocycles. The molecular formula is C18H11NO2S. The second kappa shape index (κ2) is 5.00. The molecule has 1 aliphatic heterocycles. The molecule has 3 aromatic rings. The monoisotopic (exact) mass is 305 g/mol. The molecule has 1 aliphatic rings. The average molecular weight is 305 g/mol. The molecule has 106 valence electrons. The van der Waals surface area contributed by atoms with Gasteiger partial charge in [-0.05, 0) is 51.0 Å². The van der Waals surface area contributed by atoms with E-state index in [9.17, 15) is 9.59 Å². The summed E-state index contributed by atoms with van der Waals surface area (Å²) >= 11 is 0.947. The van der Waals surface area contributed by atoms with E-state index in [-0.39, 0.29) is 11.1 Å². The minimum Gasteiger partial charge on any atom is -0.282 e. The molecule has 0 saturated carbocycles. The van der Waals surface area contributed by atoms with E-state index in [1.165, 1.54) is 0 Å². The second-order valence-corrected chi connectivity index (χ2v) is 6.10. The van der Waals surface area contributed by atoms with Crippen molar-refractivity contribution >= 4 is 50.5 Å². The van der Waals surface area contributed by atoms with Crippen molar-refractivity contribution in [3.05, 3.63) is 65.1 Å². The zero-order valence-corrected chi connectivity index (χ0v) is 12.3. The summed E-state index contributed by atoms with van der Waals surface area (Å²) in [5.74, 6) is -0.327. The van der Waals surface area contributed by atoms with E-state index in [1.54, 1.807) is 0 Å². The van der Waals surface area contributed by atoms with Crippen LogP contribution >= 0.6 is 11.8 Å². The molecule has 4 heteroatoms. The molecule has 0 bridgehead atoms. The van der Waals surface area contributed by atoms with Crippen molar-refractivity contribution in [3.8, 4) is 0 Å². The van der Waals surface area contributed by atoms with Gasteiger partial charge in [0, 0.05) is 0 Å². The van der Waals surface area contributed by atoms with E-state index in [2.05, 4.69) is 23.5 Å². The Bertz CT molecular complexity index is 921. The zero-order valence-electron chi connectivity index (χ0n) is 11.5. The van der Waals surface area contributed by atoms with E-state index in [0.717, 1.165) is 38.9 Å². The Hall–Kier alpha value is -2.59. The molecule has 0 spiro atoms. The third-order valence-electron chi connectivity index (χ3n) is 3.73. The minimum atomic E-state index is -0.327. The molecule has 1 N–H and O–H groups in total. The van der Waals surface area contributed by atoms with Crippen molar-refractivity contribution in [2.75, 3.05) is 0 Å². The SMILES string of the molecule is O=C1NC(=O)/C(=C/c2c3ccccc3cc3ccccc23)S1. The number of rotatable bonds is 1. The molecule has 0 atom stereocenters. The lowest BCUT2D eigenvalue weighted by molar-refractivity contribution is -0.115. The molecule has 0 aromatic heterocycles. The summed E-state index contributed by atoms with van der Waals surface area (Å²) in [6.07, 6.45) is 1.82. The van der Waals surface area contributed by atoms with Crippen molar-refractivity contribution in [2.24, 2.45) is 0 Å². The molecule has 2 amide bonds. The van der Waals surface area contributed by atoms with Crippen LogP contribution in [0.4, 0.5) is 4.79 Å².